The number of rotatable bonds is 6. The van der Waals surface area contributed by atoms with Gasteiger partial charge in [-0.3, -0.25) is 4.79 Å². The Bertz CT molecular complexity index is 456. The van der Waals surface area contributed by atoms with Gasteiger partial charge in [0.2, 0.25) is 5.91 Å². The highest BCUT2D eigenvalue weighted by molar-refractivity contribution is 7.99. The van der Waals surface area contributed by atoms with Crippen molar-refractivity contribution in [2.24, 2.45) is 0 Å². The zero-order valence-electron chi connectivity index (χ0n) is 12.4. The Hall–Kier alpha value is -1.16. The summed E-state index contributed by atoms with van der Waals surface area (Å²) < 4.78 is 0. The lowest BCUT2D eigenvalue weighted by molar-refractivity contribution is -0.113. The minimum Gasteiger partial charge on any atom is -0.372 e. The van der Waals surface area contributed by atoms with Gasteiger partial charge >= 0.3 is 0 Å². The molecule has 1 heterocycles. The third kappa shape index (κ3) is 4.17. The Labute approximate surface area is 126 Å². The first-order valence-electron chi connectivity index (χ1n) is 7.44. The minimum atomic E-state index is 0.0977. The highest BCUT2D eigenvalue weighted by Crippen LogP contribution is 2.25. The molecule has 1 fully saturated rings. The van der Waals surface area contributed by atoms with Crippen molar-refractivity contribution in [2.45, 2.75) is 33.1 Å². The first-order valence-corrected chi connectivity index (χ1v) is 8.59. The van der Waals surface area contributed by atoms with Crippen LogP contribution in [0.3, 0.4) is 0 Å². The summed E-state index contributed by atoms with van der Waals surface area (Å²) in [5.41, 5.74) is 3.36. The van der Waals surface area contributed by atoms with E-state index >= 15 is 0 Å². The number of nitrogens with zero attached hydrogens (tertiary/aromatic N) is 1. The van der Waals surface area contributed by atoms with Gasteiger partial charge < -0.3 is 10.2 Å². The quantitative estimate of drug-likeness (QED) is 0.812. The van der Waals surface area contributed by atoms with Gasteiger partial charge in [0.15, 0.2) is 0 Å². The molecule has 110 valence electrons. The summed E-state index contributed by atoms with van der Waals surface area (Å²) in [6.45, 7) is 6.50. The molecule has 0 unspecified atom stereocenters. The van der Waals surface area contributed by atoms with Crippen LogP contribution < -0.4 is 10.2 Å². The molecule has 0 saturated carbocycles. The van der Waals surface area contributed by atoms with Crippen molar-refractivity contribution in [1.82, 2.24) is 0 Å². The molecule has 20 heavy (non-hydrogen) atoms. The average molecular weight is 292 g/mol. The molecule has 1 saturated heterocycles. The van der Waals surface area contributed by atoms with Gasteiger partial charge in [-0.25, -0.2) is 0 Å². The molecule has 1 aliphatic heterocycles. The second kappa shape index (κ2) is 7.58. The predicted octanol–water partition coefficient (Wildman–Crippen LogP) is 3.68. The van der Waals surface area contributed by atoms with E-state index in [1.165, 1.54) is 18.5 Å². The summed E-state index contributed by atoms with van der Waals surface area (Å²) in [6, 6.07) is 6.33. The van der Waals surface area contributed by atoms with E-state index in [9.17, 15) is 4.79 Å². The topological polar surface area (TPSA) is 32.3 Å². The number of carbonyl (C=O) groups excluding carboxylic acids is 1. The number of carbonyl (C=O) groups is 1. The lowest BCUT2D eigenvalue weighted by Crippen LogP contribution is -2.18. The van der Waals surface area contributed by atoms with Crippen LogP contribution in [0, 0.1) is 6.92 Å². The van der Waals surface area contributed by atoms with E-state index in [-0.39, 0.29) is 5.91 Å². The Morgan fingerprint density at radius 3 is 2.75 bits per heavy atom. The number of amides is 1. The average Bonchev–Trinajstić information content (AvgIpc) is 2.95. The fourth-order valence-electron chi connectivity index (χ4n) is 2.46. The van der Waals surface area contributed by atoms with Crippen molar-refractivity contribution in [1.29, 1.82) is 0 Å². The molecule has 0 aromatic heterocycles. The maximum absolute atomic E-state index is 11.8. The standard InChI is InChI=1S/C16H24N2OS/c1-3-10-20-12-16(19)17-15-7-6-14(11-13(15)2)18-8-4-5-9-18/h6-7,11H,3-5,8-10,12H2,1-2H3,(H,17,19). The Balaban J connectivity index is 1.93. The van der Waals surface area contributed by atoms with Gasteiger partial charge in [-0.1, -0.05) is 6.92 Å². The Morgan fingerprint density at radius 2 is 2.10 bits per heavy atom. The molecule has 0 bridgehead atoms. The third-order valence-corrected chi connectivity index (χ3v) is 4.70. The summed E-state index contributed by atoms with van der Waals surface area (Å²) in [5.74, 6) is 1.68. The van der Waals surface area contributed by atoms with Crippen molar-refractivity contribution >= 4 is 29.0 Å². The van der Waals surface area contributed by atoms with Crippen LogP contribution in [0.1, 0.15) is 31.7 Å². The van der Waals surface area contributed by atoms with Gasteiger partial charge in [0.1, 0.15) is 0 Å². The van der Waals surface area contributed by atoms with Crippen LogP contribution >= 0.6 is 11.8 Å². The van der Waals surface area contributed by atoms with Gasteiger partial charge in [-0.2, -0.15) is 11.8 Å². The SMILES string of the molecule is CCCSCC(=O)Nc1ccc(N2CCCC2)cc1C. The lowest BCUT2D eigenvalue weighted by Gasteiger charge is -2.19. The number of anilines is 2. The van der Waals surface area contributed by atoms with Crippen LogP contribution in [0.5, 0.6) is 0 Å². The molecule has 0 aliphatic carbocycles. The zero-order valence-corrected chi connectivity index (χ0v) is 13.3. The molecule has 3 nitrogen and oxygen atoms in total. The highest BCUT2D eigenvalue weighted by atomic mass is 32.2. The van der Waals surface area contributed by atoms with E-state index in [2.05, 4.69) is 36.2 Å². The van der Waals surface area contributed by atoms with Crippen molar-refractivity contribution < 1.29 is 4.79 Å². The molecule has 2 rings (SSSR count). The van der Waals surface area contributed by atoms with Gasteiger partial charge in [-0.05, 0) is 55.7 Å². The van der Waals surface area contributed by atoms with Crippen LogP contribution in [0.15, 0.2) is 18.2 Å². The van der Waals surface area contributed by atoms with E-state index < -0.39 is 0 Å². The monoisotopic (exact) mass is 292 g/mol. The van der Waals surface area contributed by atoms with E-state index in [4.69, 9.17) is 0 Å². The van der Waals surface area contributed by atoms with Crippen LogP contribution in [0.2, 0.25) is 0 Å². The van der Waals surface area contributed by atoms with Crippen molar-refractivity contribution in [3.63, 3.8) is 0 Å². The number of hydrogen-bond acceptors (Lipinski definition) is 3. The molecule has 1 aromatic rings. The van der Waals surface area contributed by atoms with E-state index in [1.807, 2.05) is 6.07 Å². The second-order valence-electron chi connectivity index (χ2n) is 5.29. The van der Waals surface area contributed by atoms with Crippen LogP contribution in [0.25, 0.3) is 0 Å². The van der Waals surface area contributed by atoms with Gasteiger partial charge in [-0.15, -0.1) is 0 Å². The van der Waals surface area contributed by atoms with E-state index in [0.29, 0.717) is 5.75 Å². The molecule has 1 aromatic carbocycles. The summed E-state index contributed by atoms with van der Waals surface area (Å²) in [7, 11) is 0. The van der Waals surface area contributed by atoms with Gasteiger partial charge in [0.25, 0.3) is 0 Å². The fourth-order valence-corrected chi connectivity index (χ4v) is 3.15. The number of benzene rings is 1. The second-order valence-corrected chi connectivity index (χ2v) is 6.40. The van der Waals surface area contributed by atoms with Crippen LogP contribution in [-0.2, 0) is 4.79 Å². The first-order chi connectivity index (χ1) is 9.70. The Kier molecular flexibility index (Phi) is 5.77. The molecular formula is C16H24N2OS. The molecule has 0 atom stereocenters. The van der Waals surface area contributed by atoms with Crippen LogP contribution in [-0.4, -0.2) is 30.5 Å². The molecular weight excluding hydrogens is 268 g/mol. The van der Waals surface area contributed by atoms with Gasteiger partial charge in [0.05, 0.1) is 5.75 Å². The molecule has 4 heteroatoms. The zero-order chi connectivity index (χ0) is 14.4. The maximum atomic E-state index is 11.8. The number of thioether (sulfide) groups is 1. The van der Waals surface area contributed by atoms with Crippen LogP contribution in [0.4, 0.5) is 11.4 Å². The number of nitrogens with one attached hydrogen (secondary N) is 1. The summed E-state index contributed by atoms with van der Waals surface area (Å²) in [5, 5.41) is 3.01. The predicted molar refractivity (Wildman–Crippen MR) is 88.9 cm³/mol. The third-order valence-electron chi connectivity index (χ3n) is 3.54. The minimum absolute atomic E-state index is 0.0977. The van der Waals surface area contributed by atoms with E-state index in [0.717, 1.165) is 36.5 Å². The molecule has 0 radical (unpaired) electrons. The molecule has 1 amide bonds. The summed E-state index contributed by atoms with van der Waals surface area (Å²) in [6.07, 6.45) is 3.68. The van der Waals surface area contributed by atoms with Crippen molar-refractivity contribution in [3.8, 4) is 0 Å². The first kappa shape index (κ1) is 15.2. The highest BCUT2D eigenvalue weighted by Gasteiger charge is 2.13. The van der Waals surface area contributed by atoms with Gasteiger partial charge in [0, 0.05) is 24.5 Å². The molecule has 1 aliphatic rings. The summed E-state index contributed by atoms with van der Waals surface area (Å²) >= 11 is 1.69. The lowest BCUT2D eigenvalue weighted by atomic mass is 10.1. The fraction of sp³-hybridized carbons (Fsp3) is 0.562. The maximum Gasteiger partial charge on any atom is 0.234 e. The van der Waals surface area contributed by atoms with E-state index in [1.54, 1.807) is 11.8 Å². The normalized spacial score (nSPS) is 14.6. The smallest absolute Gasteiger partial charge is 0.234 e. The van der Waals surface area contributed by atoms with Crippen molar-refractivity contribution in [2.75, 3.05) is 34.8 Å². The molecule has 0 spiro atoms. The largest absolute Gasteiger partial charge is 0.372 e. The number of hydrogen-bond donors (Lipinski definition) is 1. The van der Waals surface area contributed by atoms with Crippen molar-refractivity contribution in [3.05, 3.63) is 23.8 Å². The number of aryl methyl sites for hydroxylation is 1. The summed E-state index contributed by atoms with van der Waals surface area (Å²) in [4.78, 5) is 14.3. The molecule has 1 N–H and O–H groups in total. The Morgan fingerprint density at radius 1 is 1.35 bits per heavy atom.